The molecule has 0 nitrogen and oxygen atoms in total. The van der Waals surface area contributed by atoms with E-state index in [9.17, 15) is 0 Å². The third kappa shape index (κ3) is 6.31. The molecule has 0 heterocycles. The molecule has 0 amide bonds. The van der Waals surface area contributed by atoms with E-state index in [0.717, 1.165) is 53.3 Å². The standard InChI is InChI=1S/C27H35.4C2H6.CH4.Y/c1-2-9-18-16(7-1)15-17-8-5-13-22-24(17)25(18)23-14-6-12-21-19-10-3-4-11-20(19)26(22)27(21)23;4*1-2;;/h3-4,10-11,16-18,21-24,26-27H,1-2,5-9,12-15H2;4*1-2H3;1H4;/q-1;;;;;;. The number of fused-ring (bicyclic) bond motifs is 7. The minimum atomic E-state index is 0. The van der Waals surface area contributed by atoms with Gasteiger partial charge in [0.2, 0.25) is 0 Å². The fourth-order valence-corrected chi connectivity index (χ4v) is 9.95. The van der Waals surface area contributed by atoms with Crippen molar-refractivity contribution in [2.24, 2.45) is 41.4 Å². The van der Waals surface area contributed by atoms with E-state index in [1.165, 1.54) is 38.5 Å². The molecule has 0 aromatic heterocycles. The van der Waals surface area contributed by atoms with Crippen LogP contribution in [0.1, 0.15) is 156 Å². The van der Waals surface area contributed by atoms with Crippen LogP contribution >= 0.6 is 0 Å². The summed E-state index contributed by atoms with van der Waals surface area (Å²) in [6, 6.07) is 9.76. The predicted molar refractivity (Wildman–Crippen MR) is 163 cm³/mol. The quantitative estimate of drug-likeness (QED) is 0.266. The summed E-state index contributed by atoms with van der Waals surface area (Å²) in [5.41, 5.74) is 3.61. The fraction of sp³-hybridized carbons (Fsp3) is 0.806. The molecule has 0 saturated heterocycles. The van der Waals surface area contributed by atoms with Crippen molar-refractivity contribution in [3.8, 4) is 0 Å². The number of rotatable bonds is 0. The Balaban J connectivity index is 0.000000632. The molecule has 0 bridgehead atoms. The Morgan fingerprint density at radius 2 is 1.19 bits per heavy atom. The van der Waals surface area contributed by atoms with Crippen molar-refractivity contribution in [1.29, 1.82) is 0 Å². The van der Waals surface area contributed by atoms with Crippen LogP contribution < -0.4 is 0 Å². The average molecular weight is 585 g/mol. The van der Waals surface area contributed by atoms with Gasteiger partial charge >= 0.3 is 0 Å². The van der Waals surface area contributed by atoms with Crippen LogP contribution in [-0.2, 0) is 32.7 Å². The van der Waals surface area contributed by atoms with E-state index < -0.39 is 0 Å². The zero-order chi connectivity index (χ0) is 25.5. The Morgan fingerprint density at radius 1 is 0.622 bits per heavy atom. The molecular weight excluding hydrogens is 521 g/mol. The third-order valence-electron chi connectivity index (χ3n) is 10.4. The molecule has 37 heavy (non-hydrogen) atoms. The van der Waals surface area contributed by atoms with Gasteiger partial charge in [0.05, 0.1) is 0 Å². The van der Waals surface area contributed by atoms with Gasteiger partial charge in [0, 0.05) is 32.7 Å². The van der Waals surface area contributed by atoms with E-state index in [-0.39, 0.29) is 40.1 Å². The summed E-state index contributed by atoms with van der Waals surface area (Å²) in [5, 5.41) is 0. The minimum Gasteiger partial charge on any atom is -0.303 e. The summed E-state index contributed by atoms with van der Waals surface area (Å²) >= 11 is 0. The number of hydrogen-bond donors (Lipinski definition) is 0. The molecule has 0 spiro atoms. The Bertz CT molecular complexity index is 740. The first-order valence-corrected chi connectivity index (χ1v) is 16.4. The normalized spacial score (nSPS) is 37.4. The average Bonchev–Trinajstić information content (AvgIpc) is 3.31. The smallest absolute Gasteiger partial charge is 0 e. The molecule has 9 unspecified atom stereocenters. The van der Waals surface area contributed by atoms with E-state index in [4.69, 9.17) is 0 Å². The zero-order valence-corrected chi connectivity index (χ0v) is 28.2. The fourth-order valence-electron chi connectivity index (χ4n) is 9.95. The van der Waals surface area contributed by atoms with Crippen LogP contribution in [0.15, 0.2) is 24.3 Å². The second-order valence-electron chi connectivity index (χ2n) is 11.1. The Morgan fingerprint density at radius 3 is 1.89 bits per heavy atom. The van der Waals surface area contributed by atoms with Gasteiger partial charge < -0.3 is 5.92 Å². The van der Waals surface area contributed by atoms with E-state index in [0.29, 0.717) is 0 Å². The molecule has 0 aliphatic heterocycles. The Labute approximate surface area is 259 Å². The van der Waals surface area contributed by atoms with Gasteiger partial charge in [0.25, 0.3) is 0 Å². The van der Waals surface area contributed by atoms with E-state index in [1.54, 1.807) is 37.7 Å². The zero-order valence-electron chi connectivity index (χ0n) is 25.4. The number of benzene rings is 1. The van der Waals surface area contributed by atoms with Gasteiger partial charge in [-0.3, -0.25) is 0 Å². The predicted octanol–water partition coefficient (Wildman–Crippen LogP) is 11.9. The molecule has 0 N–H and O–H groups in total. The SMILES string of the molecule is C.CC.CC.CC.CC.[Y].c1ccc2c(c1)C1CCCC3[C-]4C5CCCCC5CC5CCCC(C2C13)C45. The number of hydrogen-bond acceptors (Lipinski definition) is 0. The van der Waals surface area contributed by atoms with Gasteiger partial charge in [-0.25, -0.2) is 0 Å². The molecule has 9 atom stereocenters. The van der Waals surface area contributed by atoms with Crippen LogP contribution in [0, 0.1) is 47.3 Å². The molecule has 6 aliphatic rings. The largest absolute Gasteiger partial charge is 0.303 e. The van der Waals surface area contributed by atoms with Crippen LogP contribution in [-0.4, -0.2) is 0 Å². The molecule has 7 rings (SSSR count). The van der Waals surface area contributed by atoms with E-state index in [1.807, 2.05) is 61.0 Å². The van der Waals surface area contributed by atoms with Crippen molar-refractivity contribution in [2.75, 3.05) is 0 Å². The van der Waals surface area contributed by atoms with E-state index >= 15 is 0 Å². The molecule has 1 heteroatoms. The van der Waals surface area contributed by atoms with Crippen molar-refractivity contribution in [3.63, 3.8) is 0 Å². The van der Waals surface area contributed by atoms with Crippen molar-refractivity contribution < 1.29 is 32.7 Å². The van der Waals surface area contributed by atoms with Gasteiger partial charge in [-0.2, -0.15) is 17.8 Å². The van der Waals surface area contributed by atoms with Gasteiger partial charge in [0.15, 0.2) is 0 Å². The summed E-state index contributed by atoms with van der Waals surface area (Å²) in [5.74, 6) is 11.2. The molecule has 5 saturated carbocycles. The first kappa shape index (κ1) is 35.4. The molecule has 1 radical (unpaired) electrons. The maximum absolute atomic E-state index is 2.55. The monoisotopic (exact) mass is 584 g/mol. The molecule has 1 aromatic rings. The second-order valence-corrected chi connectivity index (χ2v) is 11.1. The van der Waals surface area contributed by atoms with Crippen LogP contribution in [0.25, 0.3) is 0 Å². The first-order chi connectivity index (χ1) is 17.4. The van der Waals surface area contributed by atoms with Crippen LogP contribution in [0.2, 0.25) is 0 Å². The van der Waals surface area contributed by atoms with Gasteiger partial charge in [-0.1, -0.05) is 175 Å². The molecular formula is C36H63Y-. The van der Waals surface area contributed by atoms with Crippen LogP contribution in [0.4, 0.5) is 0 Å². The summed E-state index contributed by atoms with van der Waals surface area (Å²) < 4.78 is 0. The third-order valence-corrected chi connectivity index (χ3v) is 10.4. The Kier molecular flexibility index (Phi) is 16.4. The van der Waals surface area contributed by atoms with Gasteiger partial charge in [0.1, 0.15) is 0 Å². The summed E-state index contributed by atoms with van der Waals surface area (Å²) in [7, 11) is 0. The summed E-state index contributed by atoms with van der Waals surface area (Å²) in [6.07, 6.45) is 16.9. The molecule has 211 valence electrons. The van der Waals surface area contributed by atoms with Gasteiger partial charge in [-0.05, 0) is 29.4 Å². The van der Waals surface area contributed by atoms with Crippen molar-refractivity contribution >= 4 is 0 Å². The van der Waals surface area contributed by atoms with Crippen LogP contribution in [0.5, 0.6) is 0 Å². The molecule has 5 fully saturated rings. The maximum Gasteiger partial charge on any atom is 0 e. The van der Waals surface area contributed by atoms with Crippen molar-refractivity contribution in [3.05, 3.63) is 41.3 Å². The second kappa shape index (κ2) is 17.2. The summed E-state index contributed by atoms with van der Waals surface area (Å²) in [4.78, 5) is 0. The minimum absolute atomic E-state index is 0. The first-order valence-electron chi connectivity index (χ1n) is 16.4. The van der Waals surface area contributed by atoms with Crippen LogP contribution in [0.3, 0.4) is 0 Å². The van der Waals surface area contributed by atoms with Gasteiger partial charge in [-0.15, -0.1) is 0 Å². The van der Waals surface area contributed by atoms with E-state index in [2.05, 4.69) is 30.2 Å². The topological polar surface area (TPSA) is 0 Å². The molecule has 6 aliphatic carbocycles. The Hall–Kier alpha value is 0.324. The summed E-state index contributed by atoms with van der Waals surface area (Å²) in [6.45, 7) is 16.0. The molecule has 1 aromatic carbocycles. The maximum atomic E-state index is 2.55. The van der Waals surface area contributed by atoms with Crippen molar-refractivity contribution in [2.45, 2.75) is 145 Å². The van der Waals surface area contributed by atoms with Crippen molar-refractivity contribution in [1.82, 2.24) is 0 Å².